The summed E-state index contributed by atoms with van der Waals surface area (Å²) in [6.45, 7) is 6.70. The SMILES string of the molecule is CC(C)(C)OC(=O)N1CCCC1COc1ccc(OCc2ccc(C(F)(F)F)cc2)cc1. The summed E-state index contributed by atoms with van der Waals surface area (Å²) in [5.74, 6) is 1.22. The van der Waals surface area contributed by atoms with Crippen molar-refractivity contribution < 1.29 is 32.2 Å². The zero-order chi connectivity index (χ0) is 23.4. The van der Waals surface area contributed by atoms with Crippen LogP contribution in [0.1, 0.15) is 44.7 Å². The highest BCUT2D eigenvalue weighted by Gasteiger charge is 2.32. The van der Waals surface area contributed by atoms with Crippen LogP contribution in [0.4, 0.5) is 18.0 Å². The maximum Gasteiger partial charge on any atom is 0.416 e. The number of carbonyl (C=O) groups excluding carboxylic acids is 1. The summed E-state index contributed by atoms with van der Waals surface area (Å²) in [5, 5.41) is 0. The Morgan fingerprint density at radius 1 is 0.969 bits per heavy atom. The summed E-state index contributed by atoms with van der Waals surface area (Å²) in [7, 11) is 0. The lowest BCUT2D eigenvalue weighted by molar-refractivity contribution is -0.137. The first-order valence-corrected chi connectivity index (χ1v) is 10.5. The fourth-order valence-electron chi connectivity index (χ4n) is 3.35. The molecule has 1 aliphatic rings. The maximum atomic E-state index is 12.6. The largest absolute Gasteiger partial charge is 0.491 e. The van der Waals surface area contributed by atoms with Crippen LogP contribution in [0.2, 0.25) is 0 Å². The van der Waals surface area contributed by atoms with E-state index in [2.05, 4.69) is 0 Å². The molecule has 1 atom stereocenters. The van der Waals surface area contributed by atoms with Crippen LogP contribution in [0.15, 0.2) is 48.5 Å². The summed E-state index contributed by atoms with van der Waals surface area (Å²) < 4.78 is 54.8. The van der Waals surface area contributed by atoms with Gasteiger partial charge in [-0.05, 0) is 75.6 Å². The van der Waals surface area contributed by atoms with Crippen molar-refractivity contribution in [1.29, 1.82) is 0 Å². The van der Waals surface area contributed by atoms with Gasteiger partial charge in [0.05, 0.1) is 11.6 Å². The first kappa shape index (κ1) is 23.8. The van der Waals surface area contributed by atoms with E-state index in [0.29, 0.717) is 30.2 Å². The number of ether oxygens (including phenoxy) is 3. The lowest BCUT2D eigenvalue weighted by Gasteiger charge is -2.28. The lowest BCUT2D eigenvalue weighted by Crippen LogP contribution is -2.42. The molecule has 1 fully saturated rings. The predicted molar refractivity (Wildman–Crippen MR) is 114 cm³/mol. The summed E-state index contributed by atoms with van der Waals surface area (Å²) in [6, 6.07) is 11.8. The second kappa shape index (κ2) is 9.71. The Labute approximate surface area is 186 Å². The van der Waals surface area contributed by atoms with E-state index >= 15 is 0 Å². The Balaban J connectivity index is 1.48. The predicted octanol–water partition coefficient (Wildman–Crippen LogP) is 6.06. The van der Waals surface area contributed by atoms with E-state index in [1.165, 1.54) is 12.1 Å². The number of benzene rings is 2. The van der Waals surface area contributed by atoms with Crippen molar-refractivity contribution in [2.24, 2.45) is 0 Å². The molecule has 0 N–H and O–H groups in total. The molecule has 1 aliphatic heterocycles. The Hall–Kier alpha value is -2.90. The van der Waals surface area contributed by atoms with Crippen molar-refractivity contribution in [1.82, 2.24) is 4.90 Å². The molecule has 32 heavy (non-hydrogen) atoms. The monoisotopic (exact) mass is 451 g/mol. The van der Waals surface area contributed by atoms with Crippen molar-refractivity contribution in [2.45, 2.75) is 58.0 Å². The van der Waals surface area contributed by atoms with E-state index in [1.54, 1.807) is 29.2 Å². The van der Waals surface area contributed by atoms with Crippen molar-refractivity contribution in [3.8, 4) is 11.5 Å². The number of hydrogen-bond acceptors (Lipinski definition) is 4. The third-order valence-corrected chi connectivity index (χ3v) is 4.96. The molecule has 1 saturated heterocycles. The van der Waals surface area contributed by atoms with Crippen LogP contribution in [-0.2, 0) is 17.5 Å². The van der Waals surface area contributed by atoms with Crippen LogP contribution in [-0.4, -0.2) is 35.8 Å². The first-order chi connectivity index (χ1) is 15.0. The van der Waals surface area contributed by atoms with Crippen molar-refractivity contribution in [2.75, 3.05) is 13.2 Å². The van der Waals surface area contributed by atoms with Gasteiger partial charge in [-0.25, -0.2) is 4.79 Å². The topological polar surface area (TPSA) is 48.0 Å². The molecule has 174 valence electrons. The van der Waals surface area contributed by atoms with Gasteiger partial charge in [0.2, 0.25) is 0 Å². The number of halogens is 3. The van der Waals surface area contributed by atoms with Gasteiger partial charge in [0.25, 0.3) is 0 Å². The first-order valence-electron chi connectivity index (χ1n) is 10.5. The molecule has 0 bridgehead atoms. The highest BCUT2D eigenvalue weighted by Crippen LogP contribution is 2.29. The highest BCUT2D eigenvalue weighted by molar-refractivity contribution is 5.69. The van der Waals surface area contributed by atoms with E-state index in [9.17, 15) is 18.0 Å². The van der Waals surface area contributed by atoms with Gasteiger partial charge in [0.1, 0.15) is 30.3 Å². The Kier molecular flexibility index (Phi) is 7.21. The van der Waals surface area contributed by atoms with Gasteiger partial charge in [-0.3, -0.25) is 0 Å². The van der Waals surface area contributed by atoms with Gasteiger partial charge < -0.3 is 19.1 Å². The number of nitrogens with zero attached hydrogens (tertiary/aromatic N) is 1. The summed E-state index contributed by atoms with van der Waals surface area (Å²) >= 11 is 0. The second-order valence-electron chi connectivity index (χ2n) is 8.74. The molecule has 0 aromatic heterocycles. The normalized spacial score (nSPS) is 16.7. The van der Waals surface area contributed by atoms with Gasteiger partial charge in [-0.1, -0.05) is 12.1 Å². The maximum absolute atomic E-state index is 12.6. The number of rotatable bonds is 6. The molecule has 0 aliphatic carbocycles. The number of amides is 1. The van der Waals surface area contributed by atoms with E-state index < -0.39 is 17.3 Å². The fraction of sp³-hybridized carbons (Fsp3) is 0.458. The van der Waals surface area contributed by atoms with Crippen LogP contribution < -0.4 is 9.47 Å². The van der Waals surface area contributed by atoms with Gasteiger partial charge >= 0.3 is 12.3 Å². The third-order valence-electron chi connectivity index (χ3n) is 4.96. The second-order valence-corrected chi connectivity index (χ2v) is 8.74. The number of hydrogen-bond donors (Lipinski definition) is 0. The molecule has 0 saturated carbocycles. The Morgan fingerprint density at radius 2 is 1.56 bits per heavy atom. The minimum Gasteiger partial charge on any atom is -0.491 e. The van der Waals surface area contributed by atoms with Gasteiger partial charge in [0, 0.05) is 6.54 Å². The Bertz CT molecular complexity index is 889. The highest BCUT2D eigenvalue weighted by atomic mass is 19.4. The van der Waals surface area contributed by atoms with Gasteiger partial charge in [-0.2, -0.15) is 13.2 Å². The van der Waals surface area contributed by atoms with Crippen LogP contribution in [0, 0.1) is 0 Å². The van der Waals surface area contributed by atoms with E-state index in [0.717, 1.165) is 25.0 Å². The average Bonchev–Trinajstić information content (AvgIpc) is 3.19. The molecule has 1 amide bonds. The number of alkyl halides is 3. The third kappa shape index (κ3) is 6.80. The van der Waals surface area contributed by atoms with Gasteiger partial charge in [0.15, 0.2) is 0 Å². The minimum absolute atomic E-state index is 0.0413. The molecule has 0 spiro atoms. The van der Waals surface area contributed by atoms with Crippen LogP contribution in [0.25, 0.3) is 0 Å². The van der Waals surface area contributed by atoms with E-state index in [1.807, 2.05) is 20.8 Å². The molecule has 1 unspecified atom stereocenters. The fourth-order valence-corrected chi connectivity index (χ4v) is 3.35. The lowest BCUT2D eigenvalue weighted by atomic mass is 10.1. The zero-order valence-electron chi connectivity index (χ0n) is 18.4. The minimum atomic E-state index is -4.35. The van der Waals surface area contributed by atoms with Crippen molar-refractivity contribution in [3.63, 3.8) is 0 Å². The smallest absolute Gasteiger partial charge is 0.416 e. The number of carbonyl (C=O) groups is 1. The summed E-state index contributed by atoms with van der Waals surface area (Å²) in [6.07, 6.45) is -2.91. The molecule has 2 aromatic carbocycles. The Morgan fingerprint density at radius 3 is 2.12 bits per heavy atom. The standard InChI is InChI=1S/C24H28F3NO4/c1-23(2,3)32-22(29)28-14-4-5-19(28)16-31-21-12-10-20(11-13-21)30-15-17-6-8-18(9-7-17)24(25,26)27/h6-13,19H,4-5,14-16H2,1-3H3. The van der Waals surface area contributed by atoms with E-state index in [4.69, 9.17) is 14.2 Å². The summed E-state index contributed by atoms with van der Waals surface area (Å²) in [5.41, 5.74) is -0.585. The zero-order valence-corrected chi connectivity index (χ0v) is 18.4. The molecule has 8 heteroatoms. The van der Waals surface area contributed by atoms with Gasteiger partial charge in [-0.15, -0.1) is 0 Å². The molecule has 5 nitrogen and oxygen atoms in total. The van der Waals surface area contributed by atoms with Crippen LogP contribution in [0.3, 0.4) is 0 Å². The van der Waals surface area contributed by atoms with Crippen molar-refractivity contribution >= 4 is 6.09 Å². The van der Waals surface area contributed by atoms with Crippen molar-refractivity contribution in [3.05, 3.63) is 59.7 Å². The number of likely N-dealkylation sites (tertiary alicyclic amines) is 1. The molecule has 1 heterocycles. The average molecular weight is 451 g/mol. The molecule has 0 radical (unpaired) electrons. The van der Waals surface area contributed by atoms with Crippen LogP contribution >= 0.6 is 0 Å². The van der Waals surface area contributed by atoms with Crippen LogP contribution in [0.5, 0.6) is 11.5 Å². The van der Waals surface area contributed by atoms with E-state index in [-0.39, 0.29) is 18.7 Å². The molecule has 2 aromatic rings. The molecule has 3 rings (SSSR count). The molecular formula is C24H28F3NO4. The summed E-state index contributed by atoms with van der Waals surface area (Å²) in [4.78, 5) is 14.1. The quantitative estimate of drug-likeness (QED) is 0.535. The molecular weight excluding hydrogens is 423 g/mol.